The Kier molecular flexibility index (Phi) is 6.62. The first-order valence-corrected chi connectivity index (χ1v) is 7.99. The Morgan fingerprint density at radius 2 is 2.04 bits per heavy atom. The van der Waals surface area contributed by atoms with Crippen LogP contribution in [0, 0.1) is 5.82 Å². The van der Waals surface area contributed by atoms with Crippen molar-refractivity contribution >= 4 is 15.9 Å². The van der Waals surface area contributed by atoms with Crippen LogP contribution in [0.2, 0.25) is 0 Å². The normalized spacial score (nSPS) is 10.4. The Labute approximate surface area is 144 Å². The maximum absolute atomic E-state index is 13.8. The summed E-state index contributed by atoms with van der Waals surface area (Å²) in [4.78, 5) is 0. The monoisotopic (exact) mass is 379 g/mol. The molecular formula is C18H19BrFNO2. The Morgan fingerprint density at radius 1 is 1.26 bits per heavy atom. The summed E-state index contributed by atoms with van der Waals surface area (Å²) >= 11 is 3.53. The predicted octanol–water partition coefficient (Wildman–Crippen LogP) is 4.45. The SMILES string of the molecule is C=CCNCc1c(Br)ccc(OC)c1OCc1ccccc1F. The summed E-state index contributed by atoms with van der Waals surface area (Å²) in [6.45, 7) is 5.07. The van der Waals surface area contributed by atoms with Gasteiger partial charge in [-0.2, -0.15) is 0 Å². The molecule has 5 heteroatoms. The van der Waals surface area contributed by atoms with Crippen LogP contribution in [0.4, 0.5) is 4.39 Å². The highest BCUT2D eigenvalue weighted by molar-refractivity contribution is 9.10. The van der Waals surface area contributed by atoms with Crippen molar-refractivity contribution < 1.29 is 13.9 Å². The molecule has 2 aromatic rings. The van der Waals surface area contributed by atoms with Crippen molar-refractivity contribution in [2.45, 2.75) is 13.2 Å². The summed E-state index contributed by atoms with van der Waals surface area (Å²) in [5, 5.41) is 3.24. The van der Waals surface area contributed by atoms with E-state index in [1.165, 1.54) is 6.07 Å². The van der Waals surface area contributed by atoms with Gasteiger partial charge in [-0.1, -0.05) is 40.2 Å². The first-order valence-electron chi connectivity index (χ1n) is 7.20. The summed E-state index contributed by atoms with van der Waals surface area (Å²) in [7, 11) is 1.58. The van der Waals surface area contributed by atoms with E-state index in [-0.39, 0.29) is 12.4 Å². The number of hydrogen-bond donors (Lipinski definition) is 1. The van der Waals surface area contributed by atoms with E-state index in [2.05, 4.69) is 27.8 Å². The van der Waals surface area contributed by atoms with Crippen LogP contribution >= 0.6 is 15.9 Å². The first kappa shape index (κ1) is 17.5. The van der Waals surface area contributed by atoms with Gasteiger partial charge in [-0.3, -0.25) is 0 Å². The number of rotatable bonds is 8. The van der Waals surface area contributed by atoms with E-state index in [9.17, 15) is 4.39 Å². The van der Waals surface area contributed by atoms with Gasteiger partial charge in [-0.25, -0.2) is 4.39 Å². The van der Waals surface area contributed by atoms with Gasteiger partial charge in [0.15, 0.2) is 11.5 Å². The van der Waals surface area contributed by atoms with Gasteiger partial charge in [0.1, 0.15) is 12.4 Å². The van der Waals surface area contributed by atoms with E-state index in [0.717, 1.165) is 10.0 Å². The maximum atomic E-state index is 13.8. The molecule has 3 nitrogen and oxygen atoms in total. The van der Waals surface area contributed by atoms with Gasteiger partial charge in [0, 0.05) is 28.7 Å². The third kappa shape index (κ3) is 4.56. The molecule has 2 rings (SSSR count). The van der Waals surface area contributed by atoms with Crippen molar-refractivity contribution in [2.75, 3.05) is 13.7 Å². The lowest BCUT2D eigenvalue weighted by molar-refractivity contribution is 0.276. The third-order valence-electron chi connectivity index (χ3n) is 3.31. The molecule has 2 aromatic carbocycles. The molecule has 0 aliphatic carbocycles. The molecule has 0 aliphatic heterocycles. The van der Waals surface area contributed by atoms with Crippen LogP contribution in [-0.2, 0) is 13.2 Å². The van der Waals surface area contributed by atoms with Crippen LogP contribution < -0.4 is 14.8 Å². The molecule has 0 radical (unpaired) electrons. The van der Waals surface area contributed by atoms with Crippen molar-refractivity contribution in [2.24, 2.45) is 0 Å². The molecule has 1 N–H and O–H groups in total. The average Bonchev–Trinajstić information content (AvgIpc) is 2.56. The van der Waals surface area contributed by atoms with Crippen LogP contribution in [0.3, 0.4) is 0 Å². The lowest BCUT2D eigenvalue weighted by Gasteiger charge is -2.17. The van der Waals surface area contributed by atoms with Crippen molar-refractivity contribution in [3.63, 3.8) is 0 Å². The van der Waals surface area contributed by atoms with Crippen molar-refractivity contribution in [3.05, 3.63) is 70.5 Å². The maximum Gasteiger partial charge on any atom is 0.167 e. The van der Waals surface area contributed by atoms with Gasteiger partial charge in [0.2, 0.25) is 0 Å². The summed E-state index contributed by atoms with van der Waals surface area (Å²) in [6.07, 6.45) is 1.79. The number of halogens is 2. The molecule has 0 atom stereocenters. The number of methoxy groups -OCH3 is 1. The van der Waals surface area contributed by atoms with Crippen molar-refractivity contribution in [1.82, 2.24) is 5.32 Å². The zero-order valence-electron chi connectivity index (χ0n) is 12.9. The molecule has 122 valence electrons. The second kappa shape index (κ2) is 8.70. The molecule has 0 unspecified atom stereocenters. The summed E-state index contributed by atoms with van der Waals surface area (Å²) < 4.78 is 25.9. The van der Waals surface area contributed by atoms with Gasteiger partial charge < -0.3 is 14.8 Å². The van der Waals surface area contributed by atoms with Crippen LogP contribution in [0.25, 0.3) is 0 Å². The topological polar surface area (TPSA) is 30.5 Å². The van der Waals surface area contributed by atoms with Crippen LogP contribution in [0.5, 0.6) is 11.5 Å². The molecule has 0 heterocycles. The van der Waals surface area contributed by atoms with E-state index in [1.807, 2.05) is 12.1 Å². The zero-order chi connectivity index (χ0) is 16.7. The molecule has 0 bridgehead atoms. The molecule has 0 amide bonds. The molecule has 0 aliphatic rings. The smallest absolute Gasteiger partial charge is 0.167 e. The average molecular weight is 380 g/mol. The van der Waals surface area contributed by atoms with E-state index in [0.29, 0.717) is 30.2 Å². The van der Waals surface area contributed by atoms with Crippen LogP contribution in [0.15, 0.2) is 53.5 Å². The van der Waals surface area contributed by atoms with Gasteiger partial charge in [-0.05, 0) is 18.2 Å². The van der Waals surface area contributed by atoms with Crippen LogP contribution in [-0.4, -0.2) is 13.7 Å². The van der Waals surface area contributed by atoms with Crippen molar-refractivity contribution in [3.8, 4) is 11.5 Å². The number of nitrogens with one attached hydrogen (secondary N) is 1. The number of hydrogen-bond acceptors (Lipinski definition) is 3. The Balaban J connectivity index is 2.25. The molecule has 0 saturated heterocycles. The first-order chi connectivity index (χ1) is 11.2. The largest absolute Gasteiger partial charge is 0.493 e. The zero-order valence-corrected chi connectivity index (χ0v) is 14.5. The fourth-order valence-corrected chi connectivity index (χ4v) is 2.58. The minimum absolute atomic E-state index is 0.133. The predicted molar refractivity (Wildman–Crippen MR) is 93.3 cm³/mol. The fourth-order valence-electron chi connectivity index (χ4n) is 2.13. The third-order valence-corrected chi connectivity index (χ3v) is 4.05. The highest BCUT2D eigenvalue weighted by Gasteiger charge is 2.15. The minimum atomic E-state index is -0.284. The Hall–Kier alpha value is -1.85. The Bertz CT molecular complexity index is 676. The lowest BCUT2D eigenvalue weighted by Crippen LogP contribution is -2.14. The van der Waals surface area contributed by atoms with E-state index >= 15 is 0 Å². The standard InChI is InChI=1S/C18H19BrFNO2/c1-3-10-21-11-14-15(19)8-9-17(22-2)18(14)23-12-13-6-4-5-7-16(13)20/h3-9,21H,1,10-12H2,2H3. The van der Waals surface area contributed by atoms with Crippen molar-refractivity contribution in [1.29, 1.82) is 0 Å². The molecule has 0 saturated carbocycles. The fraction of sp³-hybridized carbons (Fsp3) is 0.222. The molecule has 0 aromatic heterocycles. The molecule has 23 heavy (non-hydrogen) atoms. The summed E-state index contributed by atoms with van der Waals surface area (Å²) in [6, 6.07) is 10.3. The highest BCUT2D eigenvalue weighted by Crippen LogP contribution is 2.36. The summed E-state index contributed by atoms with van der Waals surface area (Å²) in [5.74, 6) is 0.925. The summed E-state index contributed by atoms with van der Waals surface area (Å²) in [5.41, 5.74) is 1.42. The van der Waals surface area contributed by atoms with E-state index in [4.69, 9.17) is 9.47 Å². The highest BCUT2D eigenvalue weighted by atomic mass is 79.9. The number of ether oxygens (including phenoxy) is 2. The Morgan fingerprint density at radius 3 is 2.74 bits per heavy atom. The molecular weight excluding hydrogens is 361 g/mol. The van der Waals surface area contributed by atoms with Gasteiger partial charge in [0.25, 0.3) is 0 Å². The van der Waals surface area contributed by atoms with Gasteiger partial charge in [-0.15, -0.1) is 6.58 Å². The minimum Gasteiger partial charge on any atom is -0.493 e. The quantitative estimate of drug-likeness (QED) is 0.542. The van der Waals surface area contributed by atoms with E-state index < -0.39 is 0 Å². The van der Waals surface area contributed by atoms with Crippen LogP contribution in [0.1, 0.15) is 11.1 Å². The van der Waals surface area contributed by atoms with Gasteiger partial charge >= 0.3 is 0 Å². The lowest BCUT2D eigenvalue weighted by atomic mass is 10.1. The second-order valence-corrected chi connectivity index (χ2v) is 5.71. The second-order valence-electron chi connectivity index (χ2n) is 4.86. The number of benzene rings is 2. The van der Waals surface area contributed by atoms with Gasteiger partial charge in [0.05, 0.1) is 7.11 Å². The molecule has 0 spiro atoms. The van der Waals surface area contributed by atoms with E-state index in [1.54, 1.807) is 31.4 Å². The molecule has 0 fully saturated rings.